The van der Waals surface area contributed by atoms with Crippen LogP contribution in [-0.4, -0.2) is 31.6 Å². The van der Waals surface area contributed by atoms with E-state index < -0.39 is 11.8 Å². The number of para-hydroxylation sites is 1. The lowest BCUT2D eigenvalue weighted by atomic mass is 10.2. The van der Waals surface area contributed by atoms with Crippen molar-refractivity contribution in [3.63, 3.8) is 0 Å². The van der Waals surface area contributed by atoms with Gasteiger partial charge < -0.3 is 14.2 Å². The highest BCUT2D eigenvalue weighted by atomic mass is 16.5. The van der Waals surface area contributed by atoms with Crippen LogP contribution in [0.5, 0.6) is 17.2 Å². The number of aryl methyl sites for hydroxylation is 1. The van der Waals surface area contributed by atoms with Gasteiger partial charge in [0.15, 0.2) is 6.61 Å². The molecule has 0 radical (unpaired) electrons. The molecule has 0 aliphatic carbocycles. The predicted octanol–water partition coefficient (Wildman–Crippen LogP) is 3.29. The highest BCUT2D eigenvalue weighted by molar-refractivity contribution is 5.95. The standard InChI is InChI=1S/C24H24N2O5/c1-18-7-11-22(12-8-18)31-17-23(27)25-26-24(28)19-9-13-21(14-10-19)30-16-15-29-20-5-3-2-4-6-20/h2-14H,15-17H2,1H3,(H,25,27)(H,26,28). The largest absolute Gasteiger partial charge is 0.490 e. The smallest absolute Gasteiger partial charge is 0.276 e. The minimum absolute atomic E-state index is 0.207. The van der Waals surface area contributed by atoms with Crippen molar-refractivity contribution < 1.29 is 23.8 Å². The maximum absolute atomic E-state index is 12.2. The SMILES string of the molecule is Cc1ccc(OCC(=O)NNC(=O)c2ccc(OCCOc3ccccc3)cc2)cc1. The molecular weight excluding hydrogens is 396 g/mol. The summed E-state index contributed by atoms with van der Waals surface area (Å²) in [6.07, 6.45) is 0. The van der Waals surface area contributed by atoms with E-state index in [0.717, 1.165) is 11.3 Å². The molecule has 3 rings (SSSR count). The van der Waals surface area contributed by atoms with Gasteiger partial charge in [-0.05, 0) is 55.5 Å². The maximum Gasteiger partial charge on any atom is 0.276 e. The number of nitrogens with one attached hydrogen (secondary N) is 2. The van der Waals surface area contributed by atoms with E-state index in [1.807, 2.05) is 49.4 Å². The third kappa shape index (κ3) is 7.40. The molecule has 0 aliphatic heterocycles. The van der Waals surface area contributed by atoms with E-state index in [2.05, 4.69) is 10.9 Å². The molecule has 7 nitrogen and oxygen atoms in total. The molecule has 0 saturated carbocycles. The number of hydrogen-bond donors (Lipinski definition) is 2. The zero-order valence-electron chi connectivity index (χ0n) is 17.2. The first kappa shape index (κ1) is 21.7. The molecule has 0 aliphatic rings. The van der Waals surface area contributed by atoms with E-state index in [1.165, 1.54) is 0 Å². The van der Waals surface area contributed by atoms with Gasteiger partial charge in [0.2, 0.25) is 0 Å². The molecule has 3 aromatic carbocycles. The molecule has 31 heavy (non-hydrogen) atoms. The van der Waals surface area contributed by atoms with Crippen molar-refractivity contribution in [1.82, 2.24) is 10.9 Å². The Bertz CT molecular complexity index is 973. The van der Waals surface area contributed by atoms with Gasteiger partial charge in [-0.15, -0.1) is 0 Å². The summed E-state index contributed by atoms with van der Waals surface area (Å²) in [5, 5.41) is 0. The van der Waals surface area contributed by atoms with Gasteiger partial charge in [0.1, 0.15) is 30.5 Å². The topological polar surface area (TPSA) is 85.9 Å². The fraction of sp³-hybridized carbons (Fsp3) is 0.167. The summed E-state index contributed by atoms with van der Waals surface area (Å²) < 4.78 is 16.5. The number of carbonyl (C=O) groups excluding carboxylic acids is 2. The molecule has 7 heteroatoms. The summed E-state index contributed by atoms with van der Waals surface area (Å²) in [7, 11) is 0. The summed E-state index contributed by atoms with van der Waals surface area (Å²) in [5.74, 6) is 1.07. The fourth-order valence-electron chi connectivity index (χ4n) is 2.56. The Balaban J connectivity index is 1.35. The molecule has 0 unspecified atom stereocenters. The Hall–Kier alpha value is -4.00. The molecule has 2 N–H and O–H groups in total. The summed E-state index contributed by atoms with van der Waals surface area (Å²) in [5.41, 5.74) is 6.16. The van der Waals surface area contributed by atoms with Crippen LogP contribution in [0, 0.1) is 6.92 Å². The Kier molecular flexibility index (Phi) is 7.88. The number of benzene rings is 3. The van der Waals surface area contributed by atoms with E-state index in [9.17, 15) is 9.59 Å². The van der Waals surface area contributed by atoms with E-state index in [-0.39, 0.29) is 6.61 Å². The predicted molar refractivity (Wildman–Crippen MR) is 116 cm³/mol. The number of hydrazine groups is 1. The first-order valence-electron chi connectivity index (χ1n) is 9.79. The minimum atomic E-state index is -0.465. The highest BCUT2D eigenvalue weighted by Crippen LogP contribution is 2.13. The van der Waals surface area contributed by atoms with Gasteiger partial charge in [-0.1, -0.05) is 35.9 Å². The number of hydrogen-bond acceptors (Lipinski definition) is 5. The maximum atomic E-state index is 12.2. The van der Waals surface area contributed by atoms with Gasteiger partial charge in [0.05, 0.1) is 0 Å². The third-order valence-electron chi connectivity index (χ3n) is 4.19. The average molecular weight is 420 g/mol. The van der Waals surface area contributed by atoms with Crippen molar-refractivity contribution in [3.05, 3.63) is 90.0 Å². The van der Waals surface area contributed by atoms with Crippen LogP contribution in [0.2, 0.25) is 0 Å². The quantitative estimate of drug-likeness (QED) is 0.410. The molecular formula is C24H24N2O5. The van der Waals surface area contributed by atoms with Crippen LogP contribution in [0.15, 0.2) is 78.9 Å². The van der Waals surface area contributed by atoms with Crippen LogP contribution >= 0.6 is 0 Å². The Morgan fingerprint density at radius 2 is 1.23 bits per heavy atom. The van der Waals surface area contributed by atoms with Crippen molar-refractivity contribution >= 4 is 11.8 Å². The molecule has 0 spiro atoms. The minimum Gasteiger partial charge on any atom is -0.490 e. The van der Waals surface area contributed by atoms with Crippen molar-refractivity contribution in [2.75, 3.05) is 19.8 Å². The lowest BCUT2D eigenvalue weighted by Gasteiger charge is -2.10. The van der Waals surface area contributed by atoms with E-state index in [4.69, 9.17) is 14.2 Å². The van der Waals surface area contributed by atoms with Crippen molar-refractivity contribution in [2.24, 2.45) is 0 Å². The van der Waals surface area contributed by atoms with Crippen LogP contribution in [0.4, 0.5) is 0 Å². The van der Waals surface area contributed by atoms with Gasteiger partial charge >= 0.3 is 0 Å². The number of carbonyl (C=O) groups is 2. The Morgan fingerprint density at radius 1 is 0.677 bits per heavy atom. The second-order valence-corrected chi connectivity index (χ2v) is 6.64. The lowest BCUT2D eigenvalue weighted by molar-refractivity contribution is -0.123. The Labute approximate surface area is 180 Å². The number of amides is 2. The summed E-state index contributed by atoms with van der Waals surface area (Å²) in [6, 6.07) is 23.4. The van der Waals surface area contributed by atoms with Gasteiger partial charge in [-0.2, -0.15) is 0 Å². The van der Waals surface area contributed by atoms with E-state index in [1.54, 1.807) is 36.4 Å². The van der Waals surface area contributed by atoms with Crippen LogP contribution in [0.25, 0.3) is 0 Å². The van der Waals surface area contributed by atoms with Crippen molar-refractivity contribution in [3.8, 4) is 17.2 Å². The first-order valence-corrected chi connectivity index (χ1v) is 9.79. The van der Waals surface area contributed by atoms with Crippen LogP contribution < -0.4 is 25.1 Å². The van der Waals surface area contributed by atoms with Crippen LogP contribution in [0.3, 0.4) is 0 Å². The van der Waals surface area contributed by atoms with E-state index >= 15 is 0 Å². The van der Waals surface area contributed by atoms with Crippen LogP contribution in [0.1, 0.15) is 15.9 Å². The molecule has 0 saturated heterocycles. The average Bonchev–Trinajstić information content (AvgIpc) is 2.81. The van der Waals surface area contributed by atoms with Gasteiger partial charge in [-0.25, -0.2) is 0 Å². The lowest BCUT2D eigenvalue weighted by Crippen LogP contribution is -2.43. The molecule has 0 aromatic heterocycles. The molecule has 3 aromatic rings. The summed E-state index contributed by atoms with van der Waals surface area (Å²) >= 11 is 0. The Morgan fingerprint density at radius 3 is 1.87 bits per heavy atom. The normalized spacial score (nSPS) is 10.1. The molecule has 0 fully saturated rings. The summed E-state index contributed by atoms with van der Waals surface area (Å²) in [6.45, 7) is 2.53. The van der Waals surface area contributed by atoms with Gasteiger partial charge in [-0.3, -0.25) is 20.4 Å². The zero-order valence-corrected chi connectivity index (χ0v) is 17.2. The van der Waals surface area contributed by atoms with Crippen molar-refractivity contribution in [2.45, 2.75) is 6.92 Å². The molecule has 0 atom stereocenters. The molecule has 0 bridgehead atoms. The van der Waals surface area contributed by atoms with Crippen molar-refractivity contribution in [1.29, 1.82) is 0 Å². The van der Waals surface area contributed by atoms with Gasteiger partial charge in [0, 0.05) is 5.56 Å². The van der Waals surface area contributed by atoms with Crippen LogP contribution in [-0.2, 0) is 4.79 Å². The fourth-order valence-corrected chi connectivity index (χ4v) is 2.56. The molecule has 2 amide bonds. The monoisotopic (exact) mass is 420 g/mol. The second-order valence-electron chi connectivity index (χ2n) is 6.64. The summed E-state index contributed by atoms with van der Waals surface area (Å²) in [4.78, 5) is 24.0. The van der Waals surface area contributed by atoms with E-state index in [0.29, 0.717) is 30.3 Å². The molecule has 160 valence electrons. The van der Waals surface area contributed by atoms with Gasteiger partial charge in [0.25, 0.3) is 11.8 Å². The number of ether oxygens (including phenoxy) is 3. The highest BCUT2D eigenvalue weighted by Gasteiger charge is 2.08. The second kappa shape index (κ2) is 11.3. The third-order valence-corrected chi connectivity index (χ3v) is 4.19. The number of rotatable bonds is 9. The first-order chi connectivity index (χ1) is 15.1. The zero-order chi connectivity index (χ0) is 21.9. The molecule has 0 heterocycles.